The minimum atomic E-state index is 0.115. The van der Waals surface area contributed by atoms with Gasteiger partial charge in [-0.3, -0.25) is 0 Å². The second kappa shape index (κ2) is 3.08. The van der Waals surface area contributed by atoms with Crippen LogP contribution in [0.15, 0.2) is 18.2 Å². The van der Waals surface area contributed by atoms with Crippen molar-refractivity contribution in [3.05, 3.63) is 29.3 Å². The zero-order chi connectivity index (χ0) is 9.26. The summed E-state index contributed by atoms with van der Waals surface area (Å²) in [5.41, 5.74) is 2.82. The molecule has 1 aliphatic rings. The standard InChI is InChI=1S/C10H10N2O/c11-5-7-1-2-8-4-9(6-13)12-10(8)3-7/h1-3,9,12-13H,4,6H2/t9-/m0/s1. The third-order valence-corrected chi connectivity index (χ3v) is 2.29. The van der Waals surface area contributed by atoms with Crippen LogP contribution in [-0.2, 0) is 6.42 Å². The molecule has 0 saturated carbocycles. The summed E-state index contributed by atoms with van der Waals surface area (Å²) in [7, 11) is 0. The number of aliphatic hydroxyl groups is 1. The first-order valence-corrected chi connectivity index (χ1v) is 4.24. The van der Waals surface area contributed by atoms with Gasteiger partial charge in [-0.15, -0.1) is 0 Å². The highest BCUT2D eigenvalue weighted by Gasteiger charge is 2.19. The number of anilines is 1. The molecule has 0 amide bonds. The molecule has 0 aliphatic carbocycles. The first-order chi connectivity index (χ1) is 6.33. The van der Waals surface area contributed by atoms with Crippen LogP contribution in [0.1, 0.15) is 11.1 Å². The fraction of sp³-hybridized carbons (Fsp3) is 0.300. The average molecular weight is 174 g/mol. The Morgan fingerprint density at radius 3 is 3.15 bits per heavy atom. The van der Waals surface area contributed by atoms with E-state index in [1.807, 2.05) is 12.1 Å². The van der Waals surface area contributed by atoms with Crippen molar-refractivity contribution >= 4 is 5.69 Å². The first kappa shape index (κ1) is 8.09. The van der Waals surface area contributed by atoms with E-state index in [0.717, 1.165) is 12.1 Å². The van der Waals surface area contributed by atoms with Crippen molar-refractivity contribution < 1.29 is 5.11 Å². The summed E-state index contributed by atoms with van der Waals surface area (Å²) in [6.07, 6.45) is 0.845. The summed E-state index contributed by atoms with van der Waals surface area (Å²) in [5.74, 6) is 0. The highest BCUT2D eigenvalue weighted by atomic mass is 16.3. The molecule has 0 aromatic heterocycles. The fourth-order valence-electron chi connectivity index (χ4n) is 1.60. The van der Waals surface area contributed by atoms with Crippen LogP contribution < -0.4 is 5.32 Å². The number of nitrogens with one attached hydrogen (secondary N) is 1. The molecule has 1 aromatic carbocycles. The van der Waals surface area contributed by atoms with Crippen LogP contribution >= 0.6 is 0 Å². The molecular formula is C10H10N2O. The van der Waals surface area contributed by atoms with Crippen LogP contribution in [0, 0.1) is 11.3 Å². The van der Waals surface area contributed by atoms with Crippen LogP contribution in [0.3, 0.4) is 0 Å². The molecule has 13 heavy (non-hydrogen) atoms. The van der Waals surface area contributed by atoms with Crippen molar-refractivity contribution in [1.29, 1.82) is 5.26 Å². The van der Waals surface area contributed by atoms with Gasteiger partial charge in [0, 0.05) is 5.69 Å². The van der Waals surface area contributed by atoms with E-state index in [9.17, 15) is 0 Å². The molecule has 0 bridgehead atoms. The van der Waals surface area contributed by atoms with Gasteiger partial charge in [0.1, 0.15) is 0 Å². The van der Waals surface area contributed by atoms with E-state index in [-0.39, 0.29) is 12.6 Å². The van der Waals surface area contributed by atoms with Gasteiger partial charge in [-0.25, -0.2) is 0 Å². The van der Waals surface area contributed by atoms with Gasteiger partial charge in [0.25, 0.3) is 0 Å². The SMILES string of the molecule is N#Cc1ccc2c(c1)N[C@H](CO)C2. The van der Waals surface area contributed by atoms with Crippen molar-refractivity contribution in [3.63, 3.8) is 0 Å². The normalized spacial score (nSPS) is 18.9. The second-order valence-electron chi connectivity index (χ2n) is 3.21. The van der Waals surface area contributed by atoms with Crippen molar-refractivity contribution in [3.8, 4) is 6.07 Å². The Kier molecular flexibility index (Phi) is 1.91. The van der Waals surface area contributed by atoms with Gasteiger partial charge < -0.3 is 10.4 Å². The van der Waals surface area contributed by atoms with Crippen molar-refractivity contribution in [2.75, 3.05) is 11.9 Å². The molecule has 0 saturated heterocycles. The van der Waals surface area contributed by atoms with Gasteiger partial charge >= 0.3 is 0 Å². The molecular weight excluding hydrogens is 164 g/mol. The number of rotatable bonds is 1. The minimum absolute atomic E-state index is 0.115. The zero-order valence-electron chi connectivity index (χ0n) is 7.12. The summed E-state index contributed by atoms with van der Waals surface area (Å²) in [6.45, 7) is 0.135. The maximum atomic E-state index is 8.94. The van der Waals surface area contributed by atoms with Crippen molar-refractivity contribution in [2.24, 2.45) is 0 Å². The van der Waals surface area contributed by atoms with Crippen LogP contribution in [0.5, 0.6) is 0 Å². The molecule has 2 N–H and O–H groups in total. The monoisotopic (exact) mass is 174 g/mol. The second-order valence-corrected chi connectivity index (χ2v) is 3.21. The van der Waals surface area contributed by atoms with E-state index >= 15 is 0 Å². The lowest BCUT2D eigenvalue weighted by atomic mass is 10.1. The lowest BCUT2D eigenvalue weighted by Gasteiger charge is -2.05. The van der Waals surface area contributed by atoms with Gasteiger partial charge in [0.2, 0.25) is 0 Å². The third-order valence-electron chi connectivity index (χ3n) is 2.29. The van der Waals surface area contributed by atoms with Gasteiger partial charge in [-0.1, -0.05) is 6.07 Å². The topological polar surface area (TPSA) is 56.0 Å². The molecule has 0 fully saturated rings. The predicted molar refractivity (Wildman–Crippen MR) is 49.4 cm³/mol. The minimum Gasteiger partial charge on any atom is -0.394 e. The molecule has 0 spiro atoms. The van der Waals surface area contributed by atoms with Crippen LogP contribution in [-0.4, -0.2) is 17.8 Å². The van der Waals surface area contributed by atoms with Gasteiger partial charge in [-0.05, 0) is 24.1 Å². The molecule has 1 atom stereocenters. The third kappa shape index (κ3) is 1.36. The smallest absolute Gasteiger partial charge is 0.0992 e. The lowest BCUT2D eigenvalue weighted by Crippen LogP contribution is -2.19. The van der Waals surface area contributed by atoms with E-state index in [2.05, 4.69) is 11.4 Å². The van der Waals surface area contributed by atoms with Crippen LogP contribution in [0.25, 0.3) is 0 Å². The molecule has 0 unspecified atom stereocenters. The molecule has 1 aromatic rings. The molecule has 66 valence electrons. The van der Waals surface area contributed by atoms with E-state index in [1.165, 1.54) is 5.56 Å². The van der Waals surface area contributed by atoms with Gasteiger partial charge in [0.15, 0.2) is 0 Å². The Morgan fingerprint density at radius 2 is 2.46 bits per heavy atom. The Morgan fingerprint density at radius 1 is 1.62 bits per heavy atom. The highest BCUT2D eigenvalue weighted by molar-refractivity contribution is 5.60. The molecule has 1 heterocycles. The Hall–Kier alpha value is -1.53. The predicted octanol–water partition coefficient (Wildman–Crippen LogP) is 0.887. The summed E-state index contributed by atoms with van der Waals surface area (Å²) in [6, 6.07) is 7.77. The number of nitrogens with zero attached hydrogens (tertiary/aromatic N) is 1. The van der Waals surface area contributed by atoms with Gasteiger partial charge in [0.05, 0.1) is 24.3 Å². The van der Waals surface area contributed by atoms with Crippen LogP contribution in [0.4, 0.5) is 5.69 Å². The molecule has 1 aliphatic heterocycles. The Labute approximate surface area is 76.6 Å². The summed E-state index contributed by atoms with van der Waals surface area (Å²) >= 11 is 0. The van der Waals surface area contributed by atoms with E-state index < -0.39 is 0 Å². The zero-order valence-corrected chi connectivity index (χ0v) is 7.12. The van der Waals surface area contributed by atoms with Crippen molar-refractivity contribution in [2.45, 2.75) is 12.5 Å². The fourth-order valence-corrected chi connectivity index (χ4v) is 1.60. The number of nitriles is 1. The van der Waals surface area contributed by atoms with E-state index in [0.29, 0.717) is 5.56 Å². The quantitative estimate of drug-likeness (QED) is 0.664. The molecule has 3 heteroatoms. The van der Waals surface area contributed by atoms with E-state index in [4.69, 9.17) is 10.4 Å². The first-order valence-electron chi connectivity index (χ1n) is 4.24. The number of benzene rings is 1. The largest absolute Gasteiger partial charge is 0.394 e. The Bertz CT molecular complexity index is 368. The van der Waals surface area contributed by atoms with Gasteiger partial charge in [-0.2, -0.15) is 5.26 Å². The summed E-state index contributed by atoms with van der Waals surface area (Å²) in [4.78, 5) is 0. The van der Waals surface area contributed by atoms with Crippen molar-refractivity contribution in [1.82, 2.24) is 0 Å². The highest BCUT2D eigenvalue weighted by Crippen LogP contribution is 2.26. The number of fused-ring (bicyclic) bond motifs is 1. The average Bonchev–Trinajstić information content (AvgIpc) is 2.58. The summed E-state index contributed by atoms with van der Waals surface area (Å²) < 4.78 is 0. The Balaban J connectivity index is 2.32. The lowest BCUT2D eigenvalue weighted by molar-refractivity contribution is 0.277. The number of hydrogen-bond donors (Lipinski definition) is 2. The molecule has 3 nitrogen and oxygen atoms in total. The van der Waals surface area contributed by atoms with E-state index in [1.54, 1.807) is 6.07 Å². The maximum Gasteiger partial charge on any atom is 0.0992 e. The maximum absolute atomic E-state index is 8.94. The number of aliphatic hydroxyl groups excluding tert-OH is 1. The molecule has 2 rings (SSSR count). The van der Waals surface area contributed by atoms with Crippen LogP contribution in [0.2, 0.25) is 0 Å². The summed E-state index contributed by atoms with van der Waals surface area (Å²) in [5, 5.41) is 20.8. The number of hydrogen-bond acceptors (Lipinski definition) is 3. The molecule has 0 radical (unpaired) electrons.